The molecule has 0 saturated heterocycles. The van der Waals surface area contributed by atoms with Gasteiger partial charge in [0.15, 0.2) is 0 Å². The second-order valence-electron chi connectivity index (χ2n) is 5.65. The number of aromatic amines is 1. The summed E-state index contributed by atoms with van der Waals surface area (Å²) in [6.07, 6.45) is 0. The number of carbonyl (C=O) groups is 1. The van der Waals surface area contributed by atoms with Gasteiger partial charge in [-0.1, -0.05) is 17.7 Å². The van der Waals surface area contributed by atoms with E-state index in [2.05, 4.69) is 20.4 Å². The molecule has 3 rings (SSSR count). The molecule has 0 aliphatic carbocycles. The van der Waals surface area contributed by atoms with Gasteiger partial charge in [0.1, 0.15) is 5.82 Å². The van der Waals surface area contributed by atoms with Crippen LogP contribution in [-0.2, 0) is 0 Å². The Morgan fingerprint density at radius 2 is 2.00 bits per heavy atom. The maximum absolute atomic E-state index is 12.4. The largest absolute Gasteiger partial charge is 0.306 e. The molecule has 128 valence electrons. The van der Waals surface area contributed by atoms with Gasteiger partial charge in [0, 0.05) is 27.9 Å². The Morgan fingerprint density at radius 1 is 1.24 bits per heavy atom. The van der Waals surface area contributed by atoms with Gasteiger partial charge in [-0.25, -0.2) is 4.98 Å². The average Bonchev–Trinajstić information content (AvgIpc) is 2.92. The van der Waals surface area contributed by atoms with Crippen LogP contribution in [0.4, 0.5) is 5.82 Å². The van der Waals surface area contributed by atoms with Crippen molar-refractivity contribution in [2.75, 3.05) is 5.32 Å². The molecule has 8 heteroatoms. The van der Waals surface area contributed by atoms with Crippen LogP contribution in [-0.4, -0.2) is 25.7 Å². The molecule has 1 aromatic carbocycles. The van der Waals surface area contributed by atoms with E-state index in [0.29, 0.717) is 33.4 Å². The number of amides is 1. The monoisotopic (exact) mass is 357 g/mol. The van der Waals surface area contributed by atoms with E-state index >= 15 is 0 Å². The number of nitrogens with one attached hydrogen (secondary N) is 2. The Labute approximate surface area is 148 Å². The van der Waals surface area contributed by atoms with Crippen LogP contribution < -0.4 is 10.9 Å². The lowest BCUT2D eigenvalue weighted by Crippen LogP contribution is -2.20. The first-order chi connectivity index (χ1) is 11.8. The van der Waals surface area contributed by atoms with E-state index in [4.69, 9.17) is 11.6 Å². The smallest absolute Gasteiger partial charge is 0.256 e. The van der Waals surface area contributed by atoms with Crippen molar-refractivity contribution in [2.24, 2.45) is 0 Å². The van der Waals surface area contributed by atoms with Gasteiger partial charge in [0.25, 0.3) is 11.5 Å². The van der Waals surface area contributed by atoms with E-state index in [1.807, 2.05) is 0 Å². The molecule has 0 fully saturated rings. The molecule has 0 atom stereocenters. The van der Waals surface area contributed by atoms with E-state index < -0.39 is 0 Å². The van der Waals surface area contributed by atoms with Gasteiger partial charge in [-0.3, -0.25) is 14.6 Å². The van der Waals surface area contributed by atoms with Crippen LogP contribution in [0.15, 0.2) is 35.1 Å². The van der Waals surface area contributed by atoms with Gasteiger partial charge in [-0.2, -0.15) is 9.78 Å². The Bertz CT molecular complexity index is 1020. The Morgan fingerprint density at radius 3 is 2.68 bits per heavy atom. The van der Waals surface area contributed by atoms with Gasteiger partial charge < -0.3 is 5.32 Å². The minimum Gasteiger partial charge on any atom is -0.306 e. The fourth-order valence-corrected chi connectivity index (χ4v) is 2.49. The molecule has 0 aliphatic rings. The first kappa shape index (κ1) is 16.9. The lowest BCUT2D eigenvalue weighted by Gasteiger charge is -2.09. The molecule has 2 N–H and O–H groups in total. The third-order valence-electron chi connectivity index (χ3n) is 3.74. The maximum atomic E-state index is 12.4. The van der Waals surface area contributed by atoms with Crippen molar-refractivity contribution in [3.63, 3.8) is 0 Å². The summed E-state index contributed by atoms with van der Waals surface area (Å²) >= 11 is 5.93. The van der Waals surface area contributed by atoms with E-state index in [1.165, 1.54) is 4.68 Å². The third-order valence-corrected chi connectivity index (χ3v) is 3.98. The molecule has 0 unspecified atom stereocenters. The summed E-state index contributed by atoms with van der Waals surface area (Å²) in [4.78, 5) is 31.5. The number of halogens is 1. The van der Waals surface area contributed by atoms with E-state index in [-0.39, 0.29) is 17.4 Å². The van der Waals surface area contributed by atoms with Crippen LogP contribution in [0.1, 0.15) is 27.3 Å². The summed E-state index contributed by atoms with van der Waals surface area (Å²) in [6.45, 7) is 5.22. The fourth-order valence-electron chi connectivity index (χ4n) is 2.30. The minimum atomic E-state index is -0.338. The third kappa shape index (κ3) is 3.46. The number of benzene rings is 1. The zero-order valence-corrected chi connectivity index (χ0v) is 14.7. The van der Waals surface area contributed by atoms with Crippen molar-refractivity contribution in [1.29, 1.82) is 0 Å². The molecule has 2 aromatic heterocycles. The summed E-state index contributed by atoms with van der Waals surface area (Å²) in [5.41, 5.74) is 1.97. The molecule has 25 heavy (non-hydrogen) atoms. The molecule has 0 spiro atoms. The molecule has 0 bridgehead atoms. The summed E-state index contributed by atoms with van der Waals surface area (Å²) in [5, 5.41) is 7.54. The standard InChI is InChI=1S/C17H16ClN5O2/c1-9-7-14(20-16(25)12-5-4-6-13(18)8-12)23(22-9)17-19-11(3)10(2)15(24)21-17/h4-8H,1-3H3,(H,20,25)(H,19,21,24). The molecule has 7 nitrogen and oxygen atoms in total. The molecule has 0 saturated carbocycles. The van der Waals surface area contributed by atoms with Crippen molar-refractivity contribution in [2.45, 2.75) is 20.8 Å². The highest BCUT2D eigenvalue weighted by Crippen LogP contribution is 2.17. The van der Waals surface area contributed by atoms with Gasteiger partial charge in [0.2, 0.25) is 5.95 Å². The van der Waals surface area contributed by atoms with Crippen LogP contribution in [0.3, 0.4) is 0 Å². The van der Waals surface area contributed by atoms with Crippen LogP contribution in [0, 0.1) is 20.8 Å². The van der Waals surface area contributed by atoms with E-state index in [0.717, 1.165) is 0 Å². The summed E-state index contributed by atoms with van der Waals surface area (Å²) < 4.78 is 1.39. The predicted molar refractivity (Wildman–Crippen MR) is 95.6 cm³/mol. The minimum absolute atomic E-state index is 0.239. The topological polar surface area (TPSA) is 92.7 Å². The normalized spacial score (nSPS) is 10.7. The van der Waals surface area contributed by atoms with Gasteiger partial charge >= 0.3 is 0 Å². The Kier molecular flexibility index (Phi) is 4.41. The van der Waals surface area contributed by atoms with Crippen LogP contribution in [0.5, 0.6) is 0 Å². The molecular weight excluding hydrogens is 342 g/mol. The average molecular weight is 358 g/mol. The number of carbonyl (C=O) groups excluding carboxylic acids is 1. The van der Waals surface area contributed by atoms with Crippen LogP contribution >= 0.6 is 11.6 Å². The zero-order valence-electron chi connectivity index (χ0n) is 13.9. The molecule has 1 amide bonds. The van der Waals surface area contributed by atoms with Crippen molar-refractivity contribution in [3.05, 3.63) is 68.2 Å². The second kappa shape index (κ2) is 6.52. The van der Waals surface area contributed by atoms with Crippen molar-refractivity contribution in [1.82, 2.24) is 19.7 Å². The van der Waals surface area contributed by atoms with Crippen LogP contribution in [0.2, 0.25) is 5.02 Å². The quantitative estimate of drug-likeness (QED) is 0.753. The predicted octanol–water partition coefficient (Wildman–Crippen LogP) is 2.79. The molecular formula is C17H16ClN5O2. The molecule has 3 aromatic rings. The van der Waals surface area contributed by atoms with Crippen molar-refractivity contribution in [3.8, 4) is 5.95 Å². The number of H-pyrrole nitrogens is 1. The van der Waals surface area contributed by atoms with Crippen LogP contribution in [0.25, 0.3) is 5.95 Å². The number of aromatic nitrogens is 4. The molecule has 2 heterocycles. The van der Waals surface area contributed by atoms with E-state index in [9.17, 15) is 9.59 Å². The Balaban J connectivity index is 1.99. The van der Waals surface area contributed by atoms with Gasteiger partial charge in [0.05, 0.1) is 5.69 Å². The number of rotatable bonds is 3. The van der Waals surface area contributed by atoms with Crippen molar-refractivity contribution < 1.29 is 4.79 Å². The SMILES string of the molecule is Cc1cc(NC(=O)c2cccc(Cl)c2)n(-c2nc(C)c(C)c(=O)[nH]2)n1. The number of nitrogens with zero attached hydrogens (tertiary/aromatic N) is 3. The maximum Gasteiger partial charge on any atom is 0.256 e. The number of hydrogen-bond donors (Lipinski definition) is 2. The van der Waals surface area contributed by atoms with Crippen molar-refractivity contribution >= 4 is 23.3 Å². The highest BCUT2D eigenvalue weighted by atomic mass is 35.5. The lowest BCUT2D eigenvalue weighted by molar-refractivity contribution is 0.102. The first-order valence-corrected chi connectivity index (χ1v) is 7.94. The van der Waals surface area contributed by atoms with Gasteiger partial charge in [-0.15, -0.1) is 0 Å². The molecule has 0 aliphatic heterocycles. The summed E-state index contributed by atoms with van der Waals surface area (Å²) in [5.74, 6) is 0.298. The lowest BCUT2D eigenvalue weighted by atomic mass is 10.2. The van der Waals surface area contributed by atoms with Gasteiger partial charge in [-0.05, 0) is 39.0 Å². The number of anilines is 1. The summed E-state index contributed by atoms with van der Waals surface area (Å²) in [7, 11) is 0. The first-order valence-electron chi connectivity index (χ1n) is 7.56. The Hall–Kier alpha value is -2.93. The number of hydrogen-bond acceptors (Lipinski definition) is 4. The number of aryl methyl sites for hydroxylation is 2. The second-order valence-corrected chi connectivity index (χ2v) is 6.08. The highest BCUT2D eigenvalue weighted by Gasteiger charge is 2.15. The summed E-state index contributed by atoms with van der Waals surface area (Å²) in [6, 6.07) is 8.31. The molecule has 0 radical (unpaired) electrons. The van der Waals surface area contributed by atoms with E-state index in [1.54, 1.807) is 51.1 Å². The fraction of sp³-hybridized carbons (Fsp3) is 0.176. The highest BCUT2D eigenvalue weighted by molar-refractivity contribution is 6.31. The zero-order chi connectivity index (χ0) is 18.1.